The van der Waals surface area contributed by atoms with Crippen LogP contribution in [-0.4, -0.2) is 29.4 Å². The largest absolute Gasteiger partial charge is 0.462 e. The van der Waals surface area contributed by atoms with Gasteiger partial charge in [-0.3, -0.25) is 9.59 Å². The van der Waals surface area contributed by atoms with Crippen LogP contribution in [-0.2, 0) is 14.3 Å². The first kappa shape index (κ1) is 23.3. The normalized spacial score (nSPS) is 13.4. The Bertz CT molecular complexity index is 1150. The van der Waals surface area contributed by atoms with Crippen molar-refractivity contribution in [3.8, 4) is 0 Å². The molecule has 0 bridgehead atoms. The summed E-state index contributed by atoms with van der Waals surface area (Å²) in [5.41, 5.74) is 0.877. The van der Waals surface area contributed by atoms with E-state index in [2.05, 4.69) is 10.3 Å². The van der Waals surface area contributed by atoms with Crippen LogP contribution in [0.1, 0.15) is 30.1 Å². The van der Waals surface area contributed by atoms with Crippen molar-refractivity contribution < 1.29 is 19.1 Å². The van der Waals surface area contributed by atoms with E-state index in [0.717, 1.165) is 22.6 Å². The number of nitrogens with one attached hydrogen (secondary N) is 1. The molecule has 2 amide bonds. The van der Waals surface area contributed by atoms with E-state index < -0.39 is 17.8 Å². The molecule has 0 unspecified atom stereocenters. The van der Waals surface area contributed by atoms with Gasteiger partial charge >= 0.3 is 5.97 Å². The number of rotatable bonds is 9. The minimum atomic E-state index is -0.493. The molecule has 0 atom stereocenters. The number of amides is 2. The number of esters is 1. The molecular weight excluding hydrogens is 450 g/mol. The number of carbonyl (C=O) groups excluding carboxylic acids is 3. The fourth-order valence-corrected chi connectivity index (χ4v) is 4.21. The molecule has 0 aliphatic carbocycles. The molecule has 4 rings (SSSR count). The summed E-state index contributed by atoms with van der Waals surface area (Å²) in [6.45, 7) is 2.37. The Hall–Kier alpha value is -3.91. The fourth-order valence-electron chi connectivity index (χ4n) is 3.26. The van der Waals surface area contributed by atoms with Gasteiger partial charge in [0.15, 0.2) is 0 Å². The first-order chi connectivity index (χ1) is 16.6. The number of nitrogens with zero attached hydrogens (tertiary/aromatic N) is 2. The molecule has 1 N–H and O–H groups in total. The van der Waals surface area contributed by atoms with E-state index >= 15 is 0 Å². The predicted octanol–water partition coefficient (Wildman–Crippen LogP) is 5.03. The summed E-state index contributed by atoms with van der Waals surface area (Å²) in [6, 6.07) is 20.9. The van der Waals surface area contributed by atoms with E-state index in [9.17, 15) is 14.4 Å². The van der Waals surface area contributed by atoms with Crippen LogP contribution in [0.4, 0.5) is 11.5 Å². The van der Waals surface area contributed by atoms with Gasteiger partial charge < -0.3 is 10.1 Å². The third kappa shape index (κ3) is 5.18. The Morgan fingerprint density at radius 3 is 2.38 bits per heavy atom. The number of benzene rings is 2. The molecule has 3 aromatic rings. The van der Waals surface area contributed by atoms with Crippen molar-refractivity contribution in [1.82, 2.24) is 4.98 Å². The Kier molecular flexibility index (Phi) is 7.39. The maximum absolute atomic E-state index is 13.4. The zero-order chi connectivity index (χ0) is 23.9. The van der Waals surface area contributed by atoms with Gasteiger partial charge in [0.1, 0.15) is 16.4 Å². The molecule has 0 saturated heterocycles. The minimum Gasteiger partial charge on any atom is -0.462 e. The molecule has 8 heteroatoms. The zero-order valence-corrected chi connectivity index (χ0v) is 19.4. The average Bonchev–Trinajstić information content (AvgIpc) is 3.09. The molecule has 0 saturated carbocycles. The number of hydrogen-bond donors (Lipinski definition) is 1. The molecule has 1 aliphatic heterocycles. The number of carbonyl (C=O) groups is 3. The number of ether oxygens (including phenoxy) is 1. The Morgan fingerprint density at radius 2 is 1.71 bits per heavy atom. The number of unbranched alkanes of at least 4 members (excludes halogenated alkanes) is 1. The van der Waals surface area contributed by atoms with Crippen molar-refractivity contribution in [2.75, 3.05) is 16.8 Å². The first-order valence-electron chi connectivity index (χ1n) is 10.9. The standard InChI is InChI=1S/C26H23N3O4S/c1-2-3-17-33-26(32)18-12-14-19(15-13-18)29-24(30)22(28-21-11-7-8-16-27-21)23(25(29)31)34-20-9-5-4-6-10-20/h4-16H,2-3,17H2,1H3,(H,27,28). The van der Waals surface area contributed by atoms with Crippen LogP contribution in [0.2, 0.25) is 0 Å². The van der Waals surface area contributed by atoms with Gasteiger partial charge in [-0.2, -0.15) is 0 Å². The van der Waals surface area contributed by atoms with Crippen LogP contribution in [0.5, 0.6) is 0 Å². The van der Waals surface area contributed by atoms with Crippen LogP contribution >= 0.6 is 11.8 Å². The molecule has 1 aromatic heterocycles. The Balaban J connectivity index is 1.60. The number of anilines is 2. The molecule has 0 fully saturated rings. The van der Waals surface area contributed by atoms with Gasteiger partial charge in [0, 0.05) is 11.1 Å². The second-order valence-electron chi connectivity index (χ2n) is 7.44. The average molecular weight is 474 g/mol. The van der Waals surface area contributed by atoms with Crippen molar-refractivity contribution in [2.24, 2.45) is 0 Å². The number of pyridine rings is 1. The highest BCUT2D eigenvalue weighted by atomic mass is 32.2. The summed E-state index contributed by atoms with van der Waals surface area (Å²) in [5, 5.41) is 3.01. The molecule has 0 radical (unpaired) electrons. The summed E-state index contributed by atoms with van der Waals surface area (Å²) in [4.78, 5) is 45.4. The van der Waals surface area contributed by atoms with Crippen LogP contribution in [0.15, 0.2) is 94.5 Å². The summed E-state index contributed by atoms with van der Waals surface area (Å²) in [5.74, 6) is -0.922. The van der Waals surface area contributed by atoms with Gasteiger partial charge in [0.2, 0.25) is 0 Å². The predicted molar refractivity (Wildman–Crippen MR) is 131 cm³/mol. The molecule has 34 heavy (non-hydrogen) atoms. The number of imide groups is 1. The van der Waals surface area contributed by atoms with Crippen LogP contribution in [0, 0.1) is 0 Å². The fraction of sp³-hybridized carbons (Fsp3) is 0.154. The van der Waals surface area contributed by atoms with Crippen LogP contribution < -0.4 is 10.2 Å². The quantitative estimate of drug-likeness (QED) is 0.265. The van der Waals surface area contributed by atoms with Crippen molar-refractivity contribution in [3.05, 3.63) is 95.2 Å². The molecular formula is C26H23N3O4S. The topological polar surface area (TPSA) is 88.6 Å². The molecule has 0 spiro atoms. The molecule has 2 heterocycles. The second-order valence-corrected chi connectivity index (χ2v) is 8.53. The number of thioether (sulfide) groups is 1. The van der Waals surface area contributed by atoms with Gasteiger partial charge in [-0.25, -0.2) is 14.7 Å². The SMILES string of the molecule is CCCCOC(=O)c1ccc(N2C(=O)C(Nc3ccccn3)=C(Sc3ccccc3)C2=O)cc1. The second kappa shape index (κ2) is 10.8. The van der Waals surface area contributed by atoms with E-state index in [0.29, 0.717) is 23.7 Å². The van der Waals surface area contributed by atoms with Gasteiger partial charge in [0.25, 0.3) is 11.8 Å². The van der Waals surface area contributed by atoms with Crippen molar-refractivity contribution in [2.45, 2.75) is 24.7 Å². The summed E-state index contributed by atoms with van der Waals surface area (Å²) in [7, 11) is 0. The van der Waals surface area contributed by atoms with Crippen molar-refractivity contribution in [3.63, 3.8) is 0 Å². The lowest BCUT2D eigenvalue weighted by molar-refractivity contribution is -0.120. The zero-order valence-electron chi connectivity index (χ0n) is 18.6. The number of aromatic nitrogens is 1. The first-order valence-corrected chi connectivity index (χ1v) is 11.7. The minimum absolute atomic E-state index is 0.153. The Labute approximate surface area is 201 Å². The monoisotopic (exact) mass is 473 g/mol. The van der Waals surface area contributed by atoms with Gasteiger partial charge in [0.05, 0.1) is 17.9 Å². The third-order valence-electron chi connectivity index (χ3n) is 5.01. The van der Waals surface area contributed by atoms with Crippen molar-refractivity contribution >= 4 is 41.1 Å². The lowest BCUT2D eigenvalue weighted by Crippen LogP contribution is -2.32. The summed E-state index contributed by atoms with van der Waals surface area (Å²) < 4.78 is 5.23. The van der Waals surface area contributed by atoms with E-state index in [1.165, 1.54) is 11.8 Å². The summed E-state index contributed by atoms with van der Waals surface area (Å²) >= 11 is 1.21. The van der Waals surface area contributed by atoms with E-state index in [-0.39, 0.29) is 10.6 Å². The highest BCUT2D eigenvalue weighted by Gasteiger charge is 2.40. The van der Waals surface area contributed by atoms with Gasteiger partial charge in [-0.15, -0.1) is 0 Å². The molecule has 1 aliphatic rings. The maximum atomic E-state index is 13.4. The van der Waals surface area contributed by atoms with Crippen molar-refractivity contribution in [1.29, 1.82) is 0 Å². The lowest BCUT2D eigenvalue weighted by atomic mass is 10.2. The van der Waals surface area contributed by atoms with E-state index in [1.54, 1.807) is 48.7 Å². The third-order valence-corrected chi connectivity index (χ3v) is 6.11. The molecule has 2 aromatic carbocycles. The van der Waals surface area contributed by atoms with Crippen LogP contribution in [0.25, 0.3) is 0 Å². The van der Waals surface area contributed by atoms with Crippen LogP contribution in [0.3, 0.4) is 0 Å². The number of hydrogen-bond acceptors (Lipinski definition) is 7. The lowest BCUT2D eigenvalue weighted by Gasteiger charge is -2.15. The van der Waals surface area contributed by atoms with E-state index in [1.807, 2.05) is 37.3 Å². The smallest absolute Gasteiger partial charge is 0.338 e. The summed E-state index contributed by atoms with van der Waals surface area (Å²) in [6.07, 6.45) is 3.32. The van der Waals surface area contributed by atoms with E-state index in [4.69, 9.17) is 4.74 Å². The highest BCUT2D eigenvalue weighted by Crippen LogP contribution is 2.37. The molecule has 172 valence electrons. The van der Waals surface area contributed by atoms with Gasteiger partial charge in [-0.05, 0) is 55.0 Å². The molecule has 7 nitrogen and oxygen atoms in total. The Morgan fingerprint density at radius 1 is 0.971 bits per heavy atom. The maximum Gasteiger partial charge on any atom is 0.338 e. The highest BCUT2D eigenvalue weighted by molar-refractivity contribution is 8.04. The van der Waals surface area contributed by atoms with Gasteiger partial charge in [-0.1, -0.05) is 49.4 Å².